The number of halogens is 1. The van der Waals surface area contributed by atoms with Crippen molar-refractivity contribution in [3.8, 4) is 0 Å². The van der Waals surface area contributed by atoms with Crippen molar-refractivity contribution in [3.63, 3.8) is 0 Å². The van der Waals surface area contributed by atoms with Gasteiger partial charge in [0.15, 0.2) is 0 Å². The van der Waals surface area contributed by atoms with Gasteiger partial charge in [0.05, 0.1) is 10.5 Å². The third-order valence-electron chi connectivity index (χ3n) is 3.88. The monoisotopic (exact) mass is 325 g/mol. The number of fused-ring (bicyclic) bond motifs is 3. The molecule has 1 unspecified atom stereocenters. The average Bonchev–Trinajstić information content (AvgIpc) is 2.47. The van der Waals surface area contributed by atoms with Gasteiger partial charge in [-0.1, -0.05) is 6.92 Å². The quantitative estimate of drug-likeness (QED) is 0.913. The fourth-order valence-corrected chi connectivity index (χ4v) is 3.10. The van der Waals surface area contributed by atoms with E-state index in [1.807, 2.05) is 6.20 Å². The smallest absolute Gasteiger partial charge is 0.149 e. The van der Waals surface area contributed by atoms with E-state index in [9.17, 15) is 0 Å². The lowest BCUT2D eigenvalue weighted by molar-refractivity contribution is 0.00869. The van der Waals surface area contributed by atoms with Gasteiger partial charge in [-0.2, -0.15) is 0 Å². The molecule has 0 aromatic carbocycles. The number of nitrogens with one attached hydrogen (secondary N) is 1. The van der Waals surface area contributed by atoms with Crippen LogP contribution in [0.15, 0.2) is 10.7 Å². The van der Waals surface area contributed by atoms with Crippen LogP contribution in [0.5, 0.6) is 0 Å². The van der Waals surface area contributed by atoms with E-state index >= 15 is 0 Å². The van der Waals surface area contributed by atoms with Crippen LogP contribution in [0, 0.1) is 0 Å². The van der Waals surface area contributed by atoms with Gasteiger partial charge in [0.2, 0.25) is 0 Å². The Morgan fingerprint density at radius 1 is 1.37 bits per heavy atom. The molecule has 1 aromatic rings. The predicted octanol–water partition coefficient (Wildman–Crippen LogP) is 1.73. The van der Waals surface area contributed by atoms with E-state index in [1.54, 1.807) is 0 Å². The van der Waals surface area contributed by atoms with Crippen LogP contribution in [0.4, 0.5) is 5.82 Å². The van der Waals surface area contributed by atoms with Crippen LogP contribution in [0.25, 0.3) is 0 Å². The molecule has 3 aliphatic heterocycles. The van der Waals surface area contributed by atoms with Crippen molar-refractivity contribution in [1.29, 1.82) is 0 Å². The summed E-state index contributed by atoms with van der Waals surface area (Å²) < 4.78 is 0.945. The molecule has 0 spiro atoms. The second-order valence-corrected chi connectivity index (χ2v) is 6.06. The van der Waals surface area contributed by atoms with Gasteiger partial charge >= 0.3 is 0 Å². The molecule has 0 radical (unpaired) electrons. The molecule has 0 amide bonds. The highest BCUT2D eigenvalue weighted by Crippen LogP contribution is 2.28. The Labute approximate surface area is 122 Å². The second-order valence-electron chi connectivity index (χ2n) is 5.20. The fourth-order valence-electron chi connectivity index (χ4n) is 2.77. The Balaban J connectivity index is 1.80. The number of aromatic nitrogens is 2. The van der Waals surface area contributed by atoms with Crippen LogP contribution >= 0.6 is 15.9 Å². The van der Waals surface area contributed by atoms with Gasteiger partial charge in [0, 0.05) is 45.5 Å². The number of hydrogen-bond acceptors (Lipinski definition) is 5. The fraction of sp³-hybridized carbons (Fsp3) is 0.692. The van der Waals surface area contributed by atoms with E-state index < -0.39 is 0 Å². The molecule has 1 N–H and O–H groups in total. The van der Waals surface area contributed by atoms with Crippen molar-refractivity contribution < 1.29 is 0 Å². The minimum Gasteiger partial charge on any atom is -0.369 e. The molecule has 3 fully saturated rings. The molecule has 5 nitrogen and oxygen atoms in total. The summed E-state index contributed by atoms with van der Waals surface area (Å²) in [6.07, 6.45) is 2.97. The molecule has 3 saturated heterocycles. The Hall–Kier alpha value is -0.720. The SMILES string of the molecule is CCCNc1nc(C2CN3CCN2CC3)ncc1Br. The number of anilines is 1. The molecule has 4 heterocycles. The zero-order chi connectivity index (χ0) is 13.2. The van der Waals surface area contributed by atoms with E-state index in [0.29, 0.717) is 6.04 Å². The van der Waals surface area contributed by atoms with E-state index in [-0.39, 0.29) is 0 Å². The summed E-state index contributed by atoms with van der Waals surface area (Å²) in [6, 6.07) is 0.359. The molecule has 6 heteroatoms. The highest BCUT2D eigenvalue weighted by Gasteiger charge is 2.34. The summed E-state index contributed by atoms with van der Waals surface area (Å²) >= 11 is 3.51. The van der Waals surface area contributed by atoms with Crippen LogP contribution in [0.3, 0.4) is 0 Å². The molecule has 0 saturated carbocycles. The largest absolute Gasteiger partial charge is 0.369 e. The summed E-state index contributed by atoms with van der Waals surface area (Å²) in [4.78, 5) is 14.3. The van der Waals surface area contributed by atoms with Crippen LogP contribution in [0.2, 0.25) is 0 Å². The van der Waals surface area contributed by atoms with Gasteiger partial charge in [0.25, 0.3) is 0 Å². The third kappa shape index (κ3) is 2.75. The first-order valence-corrected chi connectivity index (χ1v) is 7.80. The lowest BCUT2D eigenvalue weighted by atomic mass is 10.1. The summed E-state index contributed by atoms with van der Waals surface area (Å²) in [7, 11) is 0. The minimum absolute atomic E-state index is 0.359. The number of piperazine rings is 3. The molecule has 2 bridgehead atoms. The maximum Gasteiger partial charge on any atom is 0.149 e. The van der Waals surface area contributed by atoms with Crippen LogP contribution in [-0.2, 0) is 0 Å². The Morgan fingerprint density at radius 2 is 2.16 bits per heavy atom. The maximum atomic E-state index is 4.71. The first kappa shape index (κ1) is 13.3. The lowest BCUT2D eigenvalue weighted by Crippen LogP contribution is -2.57. The Bertz CT molecular complexity index is 445. The first-order valence-electron chi connectivity index (χ1n) is 7.00. The standard InChI is InChI=1S/C13H20BrN5/c1-2-3-15-12-10(14)8-16-13(17-12)11-9-18-4-6-19(11)7-5-18/h8,11H,2-7,9H2,1H3,(H,15,16,17). The van der Waals surface area contributed by atoms with Crippen molar-refractivity contribution in [3.05, 3.63) is 16.5 Å². The first-order chi connectivity index (χ1) is 9.28. The van der Waals surface area contributed by atoms with Crippen molar-refractivity contribution in [1.82, 2.24) is 19.8 Å². The summed E-state index contributed by atoms with van der Waals surface area (Å²) in [5.41, 5.74) is 0. The normalized spacial score (nSPS) is 29.5. The Morgan fingerprint density at radius 3 is 2.79 bits per heavy atom. The van der Waals surface area contributed by atoms with Crippen molar-refractivity contribution >= 4 is 21.7 Å². The van der Waals surface area contributed by atoms with Gasteiger partial charge in [0.1, 0.15) is 11.6 Å². The zero-order valence-electron chi connectivity index (χ0n) is 11.3. The van der Waals surface area contributed by atoms with Crippen molar-refractivity contribution in [2.45, 2.75) is 19.4 Å². The molecule has 1 atom stereocenters. The molecule has 4 rings (SSSR count). The molecule has 3 aliphatic rings. The Kier molecular flexibility index (Phi) is 4.00. The van der Waals surface area contributed by atoms with Crippen LogP contribution in [-0.4, -0.2) is 59.0 Å². The number of rotatable bonds is 4. The van der Waals surface area contributed by atoms with Crippen molar-refractivity contribution in [2.24, 2.45) is 0 Å². The molecule has 1 aromatic heterocycles. The highest BCUT2D eigenvalue weighted by molar-refractivity contribution is 9.10. The zero-order valence-corrected chi connectivity index (χ0v) is 12.9. The third-order valence-corrected chi connectivity index (χ3v) is 4.46. The number of nitrogens with zero attached hydrogens (tertiary/aromatic N) is 4. The molecular formula is C13H20BrN5. The maximum absolute atomic E-state index is 4.71. The van der Waals surface area contributed by atoms with E-state index in [2.05, 4.69) is 43.0 Å². The molecule has 104 valence electrons. The second kappa shape index (κ2) is 5.73. The predicted molar refractivity (Wildman–Crippen MR) is 79.3 cm³/mol. The summed E-state index contributed by atoms with van der Waals surface area (Å²) in [5.74, 6) is 1.87. The van der Waals surface area contributed by atoms with Gasteiger partial charge in [-0.25, -0.2) is 9.97 Å². The minimum atomic E-state index is 0.359. The van der Waals surface area contributed by atoms with E-state index in [0.717, 1.165) is 48.7 Å². The molecule has 19 heavy (non-hydrogen) atoms. The van der Waals surface area contributed by atoms with Gasteiger partial charge in [-0.3, -0.25) is 9.80 Å². The van der Waals surface area contributed by atoms with Crippen LogP contribution in [0.1, 0.15) is 25.2 Å². The van der Waals surface area contributed by atoms with E-state index in [1.165, 1.54) is 13.1 Å². The molecular weight excluding hydrogens is 306 g/mol. The highest BCUT2D eigenvalue weighted by atomic mass is 79.9. The summed E-state index contributed by atoms with van der Waals surface area (Å²) in [5, 5.41) is 3.36. The molecule has 0 aliphatic carbocycles. The average molecular weight is 326 g/mol. The van der Waals surface area contributed by atoms with Gasteiger partial charge < -0.3 is 5.32 Å². The lowest BCUT2D eigenvalue weighted by Gasteiger charge is -2.46. The summed E-state index contributed by atoms with van der Waals surface area (Å²) in [6.45, 7) is 8.82. The van der Waals surface area contributed by atoms with Gasteiger partial charge in [-0.15, -0.1) is 0 Å². The van der Waals surface area contributed by atoms with Crippen molar-refractivity contribution in [2.75, 3.05) is 44.6 Å². The van der Waals surface area contributed by atoms with E-state index in [4.69, 9.17) is 4.98 Å². The van der Waals surface area contributed by atoms with Gasteiger partial charge in [-0.05, 0) is 22.4 Å². The topological polar surface area (TPSA) is 44.3 Å². The number of hydrogen-bond donors (Lipinski definition) is 1. The van der Waals surface area contributed by atoms with Crippen LogP contribution < -0.4 is 5.32 Å².